The van der Waals surface area contributed by atoms with E-state index in [0.717, 1.165) is 39.3 Å². The van der Waals surface area contributed by atoms with Gasteiger partial charge in [-0.1, -0.05) is 36.4 Å². The predicted molar refractivity (Wildman–Crippen MR) is 115 cm³/mol. The molecule has 0 radical (unpaired) electrons. The number of anilines is 2. The maximum Gasteiger partial charge on any atom is 0.330 e. The van der Waals surface area contributed by atoms with E-state index in [2.05, 4.69) is 4.98 Å². The average Bonchev–Trinajstić information content (AvgIpc) is 2.74. The molecule has 0 spiro atoms. The standard InChI is InChI=1S/C22H20F2N4O3/c1-2-27(18(29)12-11-15-16(23)9-6-10-17(15)24)19-20(25)28(22(31)26-21(19)30)13-14-7-4-3-5-8-14/h3-12H,2,13,25H2,1H3,(H,26,30,31). The molecule has 9 heteroatoms. The van der Waals surface area contributed by atoms with Crippen LogP contribution in [0.4, 0.5) is 20.3 Å². The van der Waals surface area contributed by atoms with Crippen LogP contribution < -0.4 is 21.9 Å². The number of nitrogens with zero attached hydrogens (tertiary/aromatic N) is 2. The van der Waals surface area contributed by atoms with E-state index in [4.69, 9.17) is 5.73 Å². The van der Waals surface area contributed by atoms with Crippen LogP contribution >= 0.6 is 0 Å². The molecule has 31 heavy (non-hydrogen) atoms. The Kier molecular flexibility index (Phi) is 6.44. The zero-order valence-electron chi connectivity index (χ0n) is 16.6. The largest absolute Gasteiger partial charge is 0.383 e. The number of likely N-dealkylation sites (N-methyl/N-ethyl adjacent to an activating group) is 1. The minimum atomic E-state index is -0.840. The lowest BCUT2D eigenvalue weighted by atomic mass is 10.2. The van der Waals surface area contributed by atoms with Gasteiger partial charge in [0.1, 0.15) is 17.5 Å². The van der Waals surface area contributed by atoms with Crippen molar-refractivity contribution in [1.82, 2.24) is 9.55 Å². The van der Waals surface area contributed by atoms with Gasteiger partial charge in [0, 0.05) is 18.2 Å². The molecule has 0 unspecified atom stereocenters. The van der Waals surface area contributed by atoms with Crippen molar-refractivity contribution in [3.63, 3.8) is 0 Å². The number of aromatic amines is 1. The molecule has 0 aliphatic rings. The Morgan fingerprint density at radius 1 is 1.10 bits per heavy atom. The summed E-state index contributed by atoms with van der Waals surface area (Å²) in [4.78, 5) is 40.7. The summed E-state index contributed by atoms with van der Waals surface area (Å²) < 4.78 is 28.8. The first kappa shape index (κ1) is 21.7. The van der Waals surface area contributed by atoms with Crippen LogP contribution in [-0.4, -0.2) is 22.0 Å². The number of carbonyl (C=O) groups excluding carboxylic acids is 1. The van der Waals surface area contributed by atoms with E-state index in [0.29, 0.717) is 0 Å². The van der Waals surface area contributed by atoms with Crippen LogP contribution in [0.2, 0.25) is 0 Å². The zero-order chi connectivity index (χ0) is 22.5. The first-order valence-corrected chi connectivity index (χ1v) is 9.43. The maximum absolute atomic E-state index is 13.8. The molecule has 160 valence electrons. The third kappa shape index (κ3) is 4.61. The fraction of sp³-hybridized carbons (Fsp3) is 0.136. The first-order valence-electron chi connectivity index (χ1n) is 9.43. The smallest absolute Gasteiger partial charge is 0.330 e. The predicted octanol–water partition coefficient (Wildman–Crippen LogP) is 2.51. The summed E-state index contributed by atoms with van der Waals surface area (Å²) in [5, 5.41) is 0. The molecule has 1 heterocycles. The molecular weight excluding hydrogens is 406 g/mol. The van der Waals surface area contributed by atoms with Crippen LogP contribution in [0, 0.1) is 11.6 Å². The number of aromatic nitrogens is 2. The first-order chi connectivity index (χ1) is 14.8. The highest BCUT2D eigenvalue weighted by Crippen LogP contribution is 2.19. The Bertz CT molecular complexity index is 1230. The van der Waals surface area contributed by atoms with Gasteiger partial charge in [0.05, 0.1) is 6.54 Å². The van der Waals surface area contributed by atoms with Crippen LogP contribution in [0.5, 0.6) is 0 Å². The van der Waals surface area contributed by atoms with Gasteiger partial charge in [-0.15, -0.1) is 0 Å². The van der Waals surface area contributed by atoms with Crippen LogP contribution in [0.1, 0.15) is 18.1 Å². The molecule has 0 saturated carbocycles. The van der Waals surface area contributed by atoms with E-state index >= 15 is 0 Å². The van der Waals surface area contributed by atoms with Gasteiger partial charge in [0.15, 0.2) is 5.69 Å². The molecule has 3 N–H and O–H groups in total. The number of H-pyrrole nitrogens is 1. The number of rotatable bonds is 6. The molecule has 0 saturated heterocycles. The van der Waals surface area contributed by atoms with E-state index in [1.165, 1.54) is 6.07 Å². The van der Waals surface area contributed by atoms with Crippen molar-refractivity contribution in [3.8, 4) is 0 Å². The minimum absolute atomic E-state index is 0.0275. The summed E-state index contributed by atoms with van der Waals surface area (Å²) in [6.45, 7) is 1.71. The van der Waals surface area contributed by atoms with E-state index < -0.39 is 28.8 Å². The second kappa shape index (κ2) is 9.21. The van der Waals surface area contributed by atoms with Gasteiger partial charge in [-0.25, -0.2) is 13.6 Å². The summed E-state index contributed by atoms with van der Waals surface area (Å²) in [6, 6.07) is 12.3. The van der Waals surface area contributed by atoms with Gasteiger partial charge >= 0.3 is 5.69 Å². The van der Waals surface area contributed by atoms with E-state index in [9.17, 15) is 23.2 Å². The lowest BCUT2D eigenvalue weighted by Gasteiger charge is -2.22. The van der Waals surface area contributed by atoms with Gasteiger partial charge in [-0.05, 0) is 30.7 Å². The summed E-state index contributed by atoms with van der Waals surface area (Å²) in [5.74, 6) is -2.59. The number of nitrogens with one attached hydrogen (secondary N) is 1. The van der Waals surface area contributed by atoms with E-state index in [-0.39, 0.29) is 30.2 Å². The number of hydrogen-bond acceptors (Lipinski definition) is 4. The molecule has 0 aliphatic heterocycles. The topological polar surface area (TPSA) is 101 Å². The Balaban J connectivity index is 2.00. The molecule has 0 fully saturated rings. The molecule has 1 aromatic heterocycles. The van der Waals surface area contributed by atoms with Gasteiger partial charge in [0.2, 0.25) is 0 Å². The van der Waals surface area contributed by atoms with Crippen molar-refractivity contribution in [2.75, 3.05) is 17.2 Å². The van der Waals surface area contributed by atoms with Crippen molar-refractivity contribution in [2.24, 2.45) is 0 Å². The van der Waals surface area contributed by atoms with E-state index in [1.807, 2.05) is 6.07 Å². The summed E-state index contributed by atoms with van der Waals surface area (Å²) in [7, 11) is 0. The fourth-order valence-corrected chi connectivity index (χ4v) is 3.10. The van der Waals surface area contributed by atoms with Crippen molar-refractivity contribution >= 4 is 23.5 Å². The Hall–Kier alpha value is -4.01. The average molecular weight is 426 g/mol. The SMILES string of the molecule is CCN(C(=O)C=Cc1c(F)cccc1F)c1c(N)n(Cc2ccccc2)c(=O)[nH]c1=O. The third-order valence-corrected chi connectivity index (χ3v) is 4.64. The number of hydrogen-bond donors (Lipinski definition) is 2. The molecule has 7 nitrogen and oxygen atoms in total. The highest BCUT2D eigenvalue weighted by molar-refractivity contribution is 6.05. The molecule has 1 amide bonds. The fourth-order valence-electron chi connectivity index (χ4n) is 3.10. The summed E-state index contributed by atoms with van der Waals surface area (Å²) >= 11 is 0. The lowest BCUT2D eigenvalue weighted by molar-refractivity contribution is -0.114. The summed E-state index contributed by atoms with van der Waals surface area (Å²) in [5.41, 5.74) is 4.70. The molecule has 0 bridgehead atoms. The van der Waals surface area contributed by atoms with E-state index in [1.54, 1.807) is 31.2 Å². The number of nitrogens with two attached hydrogens (primary N) is 1. The minimum Gasteiger partial charge on any atom is -0.383 e. The Morgan fingerprint density at radius 2 is 1.74 bits per heavy atom. The van der Waals surface area contributed by atoms with Gasteiger partial charge in [0.25, 0.3) is 11.5 Å². The van der Waals surface area contributed by atoms with Crippen molar-refractivity contribution in [1.29, 1.82) is 0 Å². The number of benzene rings is 2. The monoisotopic (exact) mass is 426 g/mol. The number of nitrogen functional groups attached to an aromatic ring is 1. The Morgan fingerprint density at radius 3 is 2.35 bits per heavy atom. The number of amides is 1. The van der Waals surface area contributed by atoms with Crippen molar-refractivity contribution in [2.45, 2.75) is 13.5 Å². The number of halogens is 2. The normalized spacial score (nSPS) is 11.1. The van der Waals surface area contributed by atoms with Crippen LogP contribution in [0.3, 0.4) is 0 Å². The van der Waals surface area contributed by atoms with Crippen LogP contribution in [-0.2, 0) is 11.3 Å². The molecule has 3 aromatic rings. The molecule has 0 aliphatic carbocycles. The zero-order valence-corrected chi connectivity index (χ0v) is 16.6. The van der Waals surface area contributed by atoms with Gasteiger partial charge < -0.3 is 10.6 Å². The van der Waals surface area contributed by atoms with Crippen molar-refractivity contribution in [3.05, 3.63) is 98.2 Å². The van der Waals surface area contributed by atoms with Crippen molar-refractivity contribution < 1.29 is 13.6 Å². The van der Waals surface area contributed by atoms with Crippen LogP contribution in [0.15, 0.2) is 64.2 Å². The molecule has 2 aromatic carbocycles. The second-order valence-corrected chi connectivity index (χ2v) is 6.62. The lowest BCUT2D eigenvalue weighted by Crippen LogP contribution is -2.40. The quantitative estimate of drug-likeness (QED) is 0.592. The Labute approximate surface area is 176 Å². The maximum atomic E-state index is 13.8. The number of carbonyl (C=O) groups is 1. The summed E-state index contributed by atoms with van der Waals surface area (Å²) in [6.07, 6.45) is 1.93. The van der Waals surface area contributed by atoms with Gasteiger partial charge in [-0.3, -0.25) is 19.1 Å². The second-order valence-electron chi connectivity index (χ2n) is 6.62. The molecular formula is C22H20F2N4O3. The third-order valence-electron chi connectivity index (χ3n) is 4.64. The highest BCUT2D eigenvalue weighted by Gasteiger charge is 2.22. The molecule has 3 rings (SSSR count). The van der Waals surface area contributed by atoms with Crippen LogP contribution in [0.25, 0.3) is 6.08 Å². The van der Waals surface area contributed by atoms with Gasteiger partial charge in [-0.2, -0.15) is 0 Å². The molecule has 0 atom stereocenters. The highest BCUT2D eigenvalue weighted by atomic mass is 19.1.